The van der Waals surface area contributed by atoms with Crippen molar-refractivity contribution in [2.24, 2.45) is 0 Å². The van der Waals surface area contributed by atoms with Gasteiger partial charge in [-0.1, -0.05) is 0 Å². The summed E-state index contributed by atoms with van der Waals surface area (Å²) in [6.45, 7) is 0. The second-order valence-electron chi connectivity index (χ2n) is 10.6. The van der Waals surface area contributed by atoms with Gasteiger partial charge in [-0.25, -0.2) is 28.3 Å². The lowest BCUT2D eigenvalue weighted by atomic mass is 10.1. The van der Waals surface area contributed by atoms with Crippen LogP contribution in [0, 0.1) is 11.6 Å². The number of carboxylic acid groups (broad SMARTS) is 2. The summed E-state index contributed by atoms with van der Waals surface area (Å²) in [5.41, 5.74) is -2.51. The smallest absolute Gasteiger partial charge is 0.337 e. The van der Waals surface area contributed by atoms with Crippen molar-refractivity contribution >= 4 is 45.9 Å². The first-order valence-corrected chi connectivity index (χ1v) is 16.1. The zero-order valence-electron chi connectivity index (χ0n) is 26.2. The van der Waals surface area contributed by atoms with E-state index in [0.717, 1.165) is 12.1 Å². The Kier molecular flexibility index (Phi) is 9.89. The van der Waals surface area contributed by atoms with E-state index >= 15 is 8.78 Å². The molecule has 0 fully saturated rings. The Hall–Kier alpha value is -7.09. The Labute approximate surface area is 292 Å². The third-order valence-electron chi connectivity index (χ3n) is 7.32. The minimum Gasteiger partial charge on any atom is -0.478 e. The van der Waals surface area contributed by atoms with E-state index in [-0.39, 0.29) is 29.1 Å². The van der Waals surface area contributed by atoms with E-state index in [2.05, 4.69) is 41.0 Å². The third-order valence-corrected chi connectivity index (χ3v) is 8.70. The number of rotatable bonds is 12. The largest absolute Gasteiger partial charge is 0.478 e. The molecule has 52 heavy (non-hydrogen) atoms. The van der Waals surface area contributed by atoms with E-state index in [9.17, 15) is 33.6 Å². The SMILES string of the molecule is O=C(Nc1cc(CCS(=O)c2cc(NC(=O)c3ccc(-n4ccnc4)nn3)c(C(=O)O)cc2F)c(F)cc1C(=O)O)c1ccc(-n2ccnc2)nn1. The molecule has 0 aliphatic rings. The van der Waals surface area contributed by atoms with Gasteiger partial charge in [-0.05, 0) is 60.5 Å². The zero-order chi connectivity index (χ0) is 36.9. The van der Waals surface area contributed by atoms with Crippen molar-refractivity contribution < 1.29 is 42.4 Å². The molecule has 262 valence electrons. The van der Waals surface area contributed by atoms with Crippen LogP contribution in [-0.2, 0) is 17.2 Å². The van der Waals surface area contributed by atoms with Crippen LogP contribution < -0.4 is 10.6 Å². The third kappa shape index (κ3) is 7.55. The molecule has 4 aromatic heterocycles. The number of nitrogens with one attached hydrogen (secondary N) is 2. The monoisotopic (exact) mass is 728 g/mol. The van der Waals surface area contributed by atoms with Crippen LogP contribution >= 0.6 is 0 Å². The average molecular weight is 729 g/mol. The highest BCUT2D eigenvalue weighted by Crippen LogP contribution is 2.27. The normalized spacial score (nSPS) is 11.5. The van der Waals surface area contributed by atoms with Crippen molar-refractivity contribution in [2.45, 2.75) is 11.3 Å². The molecule has 0 saturated heterocycles. The lowest BCUT2D eigenvalue weighted by molar-refractivity contribution is 0.0686. The highest BCUT2D eigenvalue weighted by atomic mass is 32.2. The molecule has 17 nitrogen and oxygen atoms in total. The number of aryl methyl sites for hydroxylation is 1. The van der Waals surface area contributed by atoms with Gasteiger partial charge in [0.15, 0.2) is 23.0 Å². The Balaban J connectivity index is 1.19. The molecule has 0 aliphatic carbocycles. The number of hydrogen-bond acceptors (Lipinski definition) is 11. The van der Waals surface area contributed by atoms with Crippen LogP contribution in [0.4, 0.5) is 20.2 Å². The van der Waals surface area contributed by atoms with E-state index < -0.39 is 73.6 Å². The van der Waals surface area contributed by atoms with Crippen molar-refractivity contribution in [1.29, 1.82) is 0 Å². The Morgan fingerprint density at radius 3 is 1.63 bits per heavy atom. The van der Waals surface area contributed by atoms with Crippen LogP contribution in [0.3, 0.4) is 0 Å². The van der Waals surface area contributed by atoms with Gasteiger partial charge in [-0.3, -0.25) is 22.9 Å². The van der Waals surface area contributed by atoms with Crippen LogP contribution in [0.25, 0.3) is 11.6 Å². The Morgan fingerprint density at radius 2 is 1.19 bits per heavy atom. The number of halogens is 2. The molecule has 1 atom stereocenters. The summed E-state index contributed by atoms with van der Waals surface area (Å²) in [6, 6.07) is 8.75. The van der Waals surface area contributed by atoms with Crippen LogP contribution in [0.1, 0.15) is 47.3 Å². The second kappa shape index (κ2) is 14.8. The number of benzene rings is 2. The number of aromatic nitrogens is 8. The number of hydrogen-bond donors (Lipinski definition) is 4. The molecular weight excluding hydrogens is 706 g/mol. The number of imidazole rings is 2. The van der Waals surface area contributed by atoms with Crippen molar-refractivity contribution in [3.63, 3.8) is 0 Å². The topological polar surface area (TPSA) is 237 Å². The molecule has 2 aromatic carbocycles. The van der Waals surface area contributed by atoms with E-state index in [0.29, 0.717) is 23.8 Å². The molecule has 0 saturated carbocycles. The summed E-state index contributed by atoms with van der Waals surface area (Å²) in [7, 11) is -2.24. The van der Waals surface area contributed by atoms with Gasteiger partial charge in [0.1, 0.15) is 24.3 Å². The highest BCUT2D eigenvalue weighted by Gasteiger charge is 2.23. The predicted octanol–water partition coefficient (Wildman–Crippen LogP) is 3.17. The van der Waals surface area contributed by atoms with Gasteiger partial charge >= 0.3 is 11.9 Å². The van der Waals surface area contributed by atoms with Crippen molar-refractivity contribution in [1.82, 2.24) is 39.5 Å². The van der Waals surface area contributed by atoms with Crippen LogP contribution in [0.15, 0.2) is 90.9 Å². The van der Waals surface area contributed by atoms with E-state index in [4.69, 9.17) is 0 Å². The van der Waals surface area contributed by atoms with Crippen molar-refractivity contribution in [2.75, 3.05) is 16.4 Å². The molecule has 1 unspecified atom stereocenters. The van der Waals surface area contributed by atoms with Crippen molar-refractivity contribution in [3.8, 4) is 11.6 Å². The fourth-order valence-corrected chi connectivity index (χ4v) is 5.89. The fraction of sp³-hybridized carbons (Fsp3) is 0.0625. The van der Waals surface area contributed by atoms with Crippen LogP contribution in [0.2, 0.25) is 0 Å². The first-order chi connectivity index (χ1) is 25.0. The summed E-state index contributed by atoms with van der Waals surface area (Å²) in [5.74, 6) is -6.82. The zero-order valence-corrected chi connectivity index (χ0v) is 27.0. The Morgan fingerprint density at radius 1 is 0.692 bits per heavy atom. The van der Waals surface area contributed by atoms with E-state index in [1.165, 1.54) is 58.4 Å². The van der Waals surface area contributed by atoms with Gasteiger partial charge in [0.05, 0.1) is 38.2 Å². The van der Waals surface area contributed by atoms with Gasteiger partial charge in [-0.15, -0.1) is 20.4 Å². The first kappa shape index (κ1) is 34.8. The average Bonchev–Trinajstić information content (AvgIpc) is 3.88. The number of anilines is 2. The number of amides is 2. The molecule has 0 aliphatic heterocycles. The number of aromatic carboxylic acids is 2. The van der Waals surface area contributed by atoms with Gasteiger partial charge in [0.25, 0.3) is 11.8 Å². The maximum atomic E-state index is 15.1. The predicted molar refractivity (Wildman–Crippen MR) is 176 cm³/mol. The maximum Gasteiger partial charge on any atom is 0.337 e. The molecule has 0 spiro atoms. The van der Waals surface area contributed by atoms with E-state index in [1.807, 2.05) is 0 Å². The molecular formula is C32H22F2N10O7S. The van der Waals surface area contributed by atoms with Gasteiger partial charge in [0, 0.05) is 30.5 Å². The molecule has 4 heterocycles. The minimum absolute atomic E-state index is 0.177. The number of carbonyl (C=O) groups excluding carboxylic acids is 2. The minimum atomic E-state index is -2.24. The van der Waals surface area contributed by atoms with Crippen molar-refractivity contribution in [3.05, 3.63) is 126 Å². The summed E-state index contributed by atoms with van der Waals surface area (Å²) in [6.07, 6.45) is 8.81. The second-order valence-corrected chi connectivity index (χ2v) is 12.2. The molecule has 2 amide bonds. The maximum absolute atomic E-state index is 15.1. The molecule has 0 radical (unpaired) electrons. The summed E-state index contributed by atoms with van der Waals surface area (Å²) >= 11 is 0. The molecule has 6 aromatic rings. The molecule has 4 N–H and O–H groups in total. The number of nitrogens with zero attached hydrogens (tertiary/aromatic N) is 8. The quantitative estimate of drug-likeness (QED) is 0.142. The molecule has 0 bridgehead atoms. The summed E-state index contributed by atoms with van der Waals surface area (Å²) < 4.78 is 46.5. The van der Waals surface area contributed by atoms with Gasteiger partial charge in [0.2, 0.25) is 0 Å². The summed E-state index contributed by atoms with van der Waals surface area (Å²) in [4.78, 5) is 56.9. The molecule has 20 heteroatoms. The number of carboxylic acids is 2. The lowest BCUT2D eigenvalue weighted by Gasteiger charge is -2.13. The first-order valence-electron chi connectivity index (χ1n) is 14.8. The lowest BCUT2D eigenvalue weighted by Crippen LogP contribution is -2.18. The summed E-state index contributed by atoms with van der Waals surface area (Å²) in [5, 5.41) is 39.5. The standard InChI is InChI=1S/C32H22F2N10O7S/c33-20-12-18(31(47)48)24(37-29(45)22-1-3-27(41-39-22)43-8-6-35-15-43)11-17(20)5-10-52(51)26-14-25(19(32(49)50)13-21(26)34)38-30(46)23-2-4-28(42-40-23)44-9-7-36-16-44/h1-4,6-9,11-16H,5,10H2,(H,37,45)(H,38,46)(H,47,48)(H,49,50). The van der Waals surface area contributed by atoms with Crippen LogP contribution in [0.5, 0.6) is 0 Å². The number of carbonyl (C=O) groups is 4. The Bertz CT molecular complexity index is 2340. The van der Waals surface area contributed by atoms with Gasteiger partial charge < -0.3 is 20.8 Å². The fourth-order valence-electron chi connectivity index (χ4n) is 4.74. The highest BCUT2D eigenvalue weighted by molar-refractivity contribution is 7.85. The molecule has 6 rings (SSSR count). The van der Waals surface area contributed by atoms with E-state index in [1.54, 1.807) is 12.4 Å². The van der Waals surface area contributed by atoms with Crippen LogP contribution in [-0.4, -0.2) is 83.4 Å². The van der Waals surface area contributed by atoms with Gasteiger partial charge in [-0.2, -0.15) is 0 Å².